The number of halogens is 6. The van der Waals surface area contributed by atoms with Crippen molar-refractivity contribution in [3.63, 3.8) is 0 Å². The Kier molecular flexibility index (Phi) is 6.98. The summed E-state index contributed by atoms with van der Waals surface area (Å²) in [5, 5.41) is 14.0. The zero-order valence-electron chi connectivity index (χ0n) is 16.7. The molecule has 2 aromatic carbocycles. The third-order valence-corrected chi connectivity index (χ3v) is 3.83. The highest BCUT2D eigenvalue weighted by atomic mass is 19.4. The molecule has 180 valence electrons. The van der Waals surface area contributed by atoms with E-state index in [0.29, 0.717) is 0 Å². The van der Waals surface area contributed by atoms with Crippen LogP contribution in [0.4, 0.5) is 43.8 Å². The fraction of sp³-hybridized carbons (Fsp3) is 0.150. The maximum atomic E-state index is 12.6. The van der Waals surface area contributed by atoms with Gasteiger partial charge in [-0.15, -0.1) is 26.3 Å². The molecule has 1 aromatic heterocycles. The number of carboxylic acids is 1. The van der Waals surface area contributed by atoms with Crippen LogP contribution in [0.2, 0.25) is 0 Å². The lowest BCUT2D eigenvalue weighted by Crippen LogP contribution is -2.17. The van der Waals surface area contributed by atoms with Crippen molar-refractivity contribution in [2.24, 2.45) is 0 Å². The lowest BCUT2D eigenvalue weighted by Gasteiger charge is -2.13. The Morgan fingerprint density at radius 2 is 1.50 bits per heavy atom. The van der Waals surface area contributed by atoms with Crippen LogP contribution in [0.15, 0.2) is 54.6 Å². The number of aliphatic carboxylic acids is 1. The van der Waals surface area contributed by atoms with E-state index in [1.165, 1.54) is 30.3 Å². The molecule has 8 nitrogen and oxygen atoms in total. The monoisotopic (exact) mass is 488 g/mol. The summed E-state index contributed by atoms with van der Waals surface area (Å²) in [6.07, 6.45) is -9.83. The van der Waals surface area contributed by atoms with Gasteiger partial charge in [-0.25, -0.2) is 4.98 Å². The summed E-state index contributed by atoms with van der Waals surface area (Å²) in [4.78, 5) is 19.0. The number of nitrogens with one attached hydrogen (secondary N) is 2. The first-order valence-electron chi connectivity index (χ1n) is 9.20. The van der Waals surface area contributed by atoms with Crippen molar-refractivity contribution >= 4 is 23.4 Å². The van der Waals surface area contributed by atoms with E-state index < -0.39 is 36.7 Å². The number of nitrogens with zero attached hydrogens (tertiary/aromatic N) is 2. The molecule has 3 N–H and O–H groups in total. The van der Waals surface area contributed by atoms with Gasteiger partial charge in [-0.2, -0.15) is 4.98 Å². The van der Waals surface area contributed by atoms with Crippen LogP contribution in [0.3, 0.4) is 0 Å². The van der Waals surface area contributed by atoms with E-state index in [9.17, 15) is 31.1 Å². The number of anilines is 3. The Morgan fingerprint density at radius 3 is 2.12 bits per heavy atom. The lowest BCUT2D eigenvalue weighted by molar-refractivity contribution is -0.275. The van der Waals surface area contributed by atoms with Gasteiger partial charge in [0.15, 0.2) is 0 Å². The zero-order valence-corrected chi connectivity index (χ0v) is 16.7. The van der Waals surface area contributed by atoms with Gasteiger partial charge in [-0.1, -0.05) is 18.2 Å². The van der Waals surface area contributed by atoms with Gasteiger partial charge in [0.25, 0.3) is 0 Å². The van der Waals surface area contributed by atoms with E-state index in [1.54, 1.807) is 0 Å². The van der Waals surface area contributed by atoms with Gasteiger partial charge in [0, 0.05) is 23.4 Å². The number of alkyl halides is 6. The number of rotatable bonds is 8. The maximum absolute atomic E-state index is 12.6. The van der Waals surface area contributed by atoms with Crippen molar-refractivity contribution in [2.45, 2.75) is 12.7 Å². The van der Waals surface area contributed by atoms with E-state index in [-0.39, 0.29) is 28.7 Å². The topological polar surface area (TPSA) is 106 Å². The molecule has 0 atom stereocenters. The highest BCUT2D eigenvalue weighted by Gasteiger charge is 2.32. The van der Waals surface area contributed by atoms with E-state index >= 15 is 0 Å². The van der Waals surface area contributed by atoms with Gasteiger partial charge in [-0.05, 0) is 24.3 Å². The average molecular weight is 488 g/mol. The van der Waals surface area contributed by atoms with Crippen LogP contribution in [0.25, 0.3) is 11.3 Å². The van der Waals surface area contributed by atoms with Crippen LogP contribution in [0.1, 0.15) is 0 Å². The largest absolute Gasteiger partial charge is 0.573 e. The minimum Gasteiger partial charge on any atom is -0.480 e. The van der Waals surface area contributed by atoms with Gasteiger partial charge in [0.05, 0.1) is 5.69 Å². The molecule has 0 spiro atoms. The number of hydrogen-bond donors (Lipinski definition) is 3. The Hall–Kier alpha value is -4.23. The number of carbonyl (C=O) groups is 1. The van der Waals surface area contributed by atoms with E-state index in [0.717, 1.165) is 24.3 Å². The standard InChI is InChI=1S/C20H14F6N4O4/c21-19(22,23)33-13-5-1-3-11(7-13)15-9-16(30-18(29-15)27-10-17(31)32)28-12-4-2-6-14(8-12)34-20(24,25)26/h1-9H,10H2,(H,31,32)(H2,27,28,29,30). The third-order valence-electron chi connectivity index (χ3n) is 3.83. The molecule has 0 fully saturated rings. The number of ether oxygens (including phenoxy) is 2. The highest BCUT2D eigenvalue weighted by Crippen LogP contribution is 2.30. The zero-order chi connectivity index (χ0) is 24.9. The summed E-state index contributed by atoms with van der Waals surface area (Å²) in [6.45, 7) is -0.574. The summed E-state index contributed by atoms with van der Waals surface area (Å²) in [7, 11) is 0. The lowest BCUT2D eigenvalue weighted by atomic mass is 10.1. The van der Waals surface area contributed by atoms with Crippen LogP contribution in [0, 0.1) is 0 Å². The molecular weight excluding hydrogens is 474 g/mol. The predicted molar refractivity (Wildman–Crippen MR) is 107 cm³/mol. The Balaban J connectivity index is 1.95. The Morgan fingerprint density at radius 1 is 0.882 bits per heavy atom. The second kappa shape index (κ2) is 9.72. The minimum atomic E-state index is -4.92. The smallest absolute Gasteiger partial charge is 0.480 e. The molecule has 3 aromatic rings. The normalized spacial score (nSPS) is 11.6. The van der Waals surface area contributed by atoms with Crippen LogP contribution < -0.4 is 20.1 Å². The van der Waals surface area contributed by atoms with Crippen molar-refractivity contribution in [3.8, 4) is 22.8 Å². The third kappa shape index (κ3) is 7.72. The fourth-order valence-electron chi connectivity index (χ4n) is 2.66. The fourth-order valence-corrected chi connectivity index (χ4v) is 2.66. The first-order valence-corrected chi connectivity index (χ1v) is 9.20. The second-order valence-electron chi connectivity index (χ2n) is 6.49. The molecule has 3 rings (SSSR count). The molecule has 0 aliphatic rings. The summed E-state index contributed by atoms with van der Waals surface area (Å²) in [5.74, 6) is -2.46. The van der Waals surface area contributed by atoms with Crippen molar-refractivity contribution < 1.29 is 45.7 Å². The van der Waals surface area contributed by atoms with Gasteiger partial charge in [0.2, 0.25) is 5.95 Å². The molecule has 0 saturated heterocycles. The van der Waals surface area contributed by atoms with Crippen molar-refractivity contribution in [1.29, 1.82) is 0 Å². The van der Waals surface area contributed by atoms with Crippen LogP contribution >= 0.6 is 0 Å². The summed E-state index contributed by atoms with van der Waals surface area (Å²) < 4.78 is 82.8. The molecule has 0 amide bonds. The van der Waals surface area contributed by atoms with Crippen LogP contribution in [-0.4, -0.2) is 40.3 Å². The highest BCUT2D eigenvalue weighted by molar-refractivity contribution is 5.73. The Bertz CT molecular complexity index is 1170. The maximum Gasteiger partial charge on any atom is 0.573 e. The van der Waals surface area contributed by atoms with Crippen molar-refractivity contribution in [2.75, 3.05) is 17.2 Å². The quantitative estimate of drug-likeness (QED) is 0.373. The molecule has 0 saturated carbocycles. The van der Waals surface area contributed by atoms with Gasteiger partial charge in [-0.3, -0.25) is 4.79 Å². The molecular formula is C20H14F6N4O4. The van der Waals surface area contributed by atoms with Gasteiger partial charge in [0.1, 0.15) is 23.9 Å². The van der Waals surface area contributed by atoms with Crippen LogP contribution in [-0.2, 0) is 4.79 Å². The minimum absolute atomic E-state index is 0.00388. The number of carboxylic acid groups (broad SMARTS) is 1. The van der Waals surface area contributed by atoms with Crippen molar-refractivity contribution in [3.05, 3.63) is 54.6 Å². The molecule has 0 radical (unpaired) electrons. The molecule has 14 heteroatoms. The van der Waals surface area contributed by atoms with E-state index in [1.807, 2.05) is 0 Å². The first kappa shape index (κ1) is 24.4. The van der Waals surface area contributed by atoms with E-state index in [4.69, 9.17) is 5.11 Å². The molecule has 0 unspecified atom stereocenters. The van der Waals surface area contributed by atoms with Crippen molar-refractivity contribution in [1.82, 2.24) is 9.97 Å². The molecule has 34 heavy (non-hydrogen) atoms. The molecule has 0 aliphatic carbocycles. The molecule has 1 heterocycles. The van der Waals surface area contributed by atoms with Crippen LogP contribution in [0.5, 0.6) is 11.5 Å². The molecule has 0 bridgehead atoms. The number of benzene rings is 2. The molecule has 0 aliphatic heterocycles. The van der Waals surface area contributed by atoms with Gasteiger partial charge >= 0.3 is 18.7 Å². The first-order chi connectivity index (χ1) is 15.9. The SMILES string of the molecule is O=C(O)CNc1nc(Nc2cccc(OC(F)(F)F)c2)cc(-c2cccc(OC(F)(F)F)c2)n1. The van der Waals surface area contributed by atoms with E-state index in [2.05, 4.69) is 30.1 Å². The number of hydrogen-bond acceptors (Lipinski definition) is 7. The summed E-state index contributed by atoms with van der Waals surface area (Å²) in [6, 6.07) is 11.0. The van der Waals surface area contributed by atoms with Gasteiger partial charge < -0.3 is 25.2 Å². The predicted octanol–water partition coefficient (Wildman–Crippen LogP) is 5.18. The summed E-state index contributed by atoms with van der Waals surface area (Å²) in [5.41, 5.74) is 0.366. The average Bonchev–Trinajstić information content (AvgIpc) is 2.70. The summed E-state index contributed by atoms with van der Waals surface area (Å²) >= 11 is 0. The Labute approximate surface area is 187 Å². The number of aromatic nitrogens is 2. The second-order valence-corrected chi connectivity index (χ2v) is 6.49.